The average molecular weight is 400 g/mol. The van der Waals surface area contributed by atoms with E-state index in [1.54, 1.807) is 55.6 Å². The lowest BCUT2D eigenvalue weighted by molar-refractivity contribution is 0.0731. The van der Waals surface area contributed by atoms with E-state index in [0.29, 0.717) is 27.8 Å². The van der Waals surface area contributed by atoms with Crippen LogP contribution in [0, 0.1) is 0 Å². The molecule has 0 aliphatic carbocycles. The summed E-state index contributed by atoms with van der Waals surface area (Å²) >= 11 is 0. The molecule has 0 atom stereocenters. The summed E-state index contributed by atoms with van der Waals surface area (Å²) in [7, 11) is 1.55. The van der Waals surface area contributed by atoms with Gasteiger partial charge in [-0.15, -0.1) is 0 Å². The second-order valence-corrected chi connectivity index (χ2v) is 6.76. The zero-order valence-electron chi connectivity index (χ0n) is 16.7. The lowest BCUT2D eigenvalue weighted by Gasteiger charge is -2.11. The lowest BCUT2D eigenvalue weighted by Crippen LogP contribution is -2.16. The molecule has 1 heterocycles. The molecule has 5 heteroatoms. The van der Waals surface area contributed by atoms with E-state index >= 15 is 0 Å². The highest BCUT2D eigenvalue weighted by Gasteiger charge is 2.21. The Kier molecular flexibility index (Phi) is 5.35. The van der Waals surface area contributed by atoms with Crippen molar-refractivity contribution in [2.75, 3.05) is 7.11 Å². The van der Waals surface area contributed by atoms with Crippen molar-refractivity contribution < 1.29 is 18.7 Å². The standard InChI is InChI=1S/C25H20O5/c1-3-16-9-14-21-20(15-16)22(26)24(23(29-21)17-7-5-4-6-8-17)30-25(27)18-10-12-19(28-2)13-11-18/h4-15H,3H2,1-2H3. The van der Waals surface area contributed by atoms with Gasteiger partial charge in [0.15, 0.2) is 5.76 Å². The molecule has 0 fully saturated rings. The van der Waals surface area contributed by atoms with Crippen LogP contribution in [0.1, 0.15) is 22.8 Å². The van der Waals surface area contributed by atoms with E-state index in [1.165, 1.54) is 0 Å². The molecule has 0 unspecified atom stereocenters. The number of rotatable bonds is 5. The first-order valence-electron chi connectivity index (χ1n) is 9.62. The zero-order valence-corrected chi connectivity index (χ0v) is 16.7. The largest absolute Gasteiger partial charge is 0.497 e. The van der Waals surface area contributed by atoms with Crippen LogP contribution in [0.3, 0.4) is 0 Å². The van der Waals surface area contributed by atoms with E-state index in [2.05, 4.69) is 0 Å². The molecule has 0 aliphatic rings. The van der Waals surface area contributed by atoms with Crippen LogP contribution >= 0.6 is 0 Å². The lowest BCUT2D eigenvalue weighted by atomic mass is 10.1. The van der Waals surface area contributed by atoms with Gasteiger partial charge in [-0.25, -0.2) is 4.79 Å². The van der Waals surface area contributed by atoms with Gasteiger partial charge in [0.05, 0.1) is 18.1 Å². The molecule has 30 heavy (non-hydrogen) atoms. The summed E-state index contributed by atoms with van der Waals surface area (Å²) in [5.41, 5.74) is 2.01. The Balaban J connectivity index is 1.85. The first kappa shape index (κ1) is 19.5. The first-order chi connectivity index (χ1) is 14.6. The predicted molar refractivity (Wildman–Crippen MR) is 115 cm³/mol. The van der Waals surface area contributed by atoms with Crippen molar-refractivity contribution in [3.63, 3.8) is 0 Å². The normalized spacial score (nSPS) is 10.7. The highest BCUT2D eigenvalue weighted by Crippen LogP contribution is 2.31. The van der Waals surface area contributed by atoms with Gasteiger partial charge in [-0.05, 0) is 48.4 Å². The number of carbonyl (C=O) groups is 1. The Hall–Kier alpha value is -3.86. The molecule has 4 rings (SSSR count). The highest BCUT2D eigenvalue weighted by atomic mass is 16.5. The molecule has 0 N–H and O–H groups in total. The van der Waals surface area contributed by atoms with Gasteiger partial charge in [0.2, 0.25) is 11.2 Å². The predicted octanol–water partition coefficient (Wildman–Crippen LogP) is 5.25. The van der Waals surface area contributed by atoms with Gasteiger partial charge in [-0.2, -0.15) is 0 Å². The molecular weight excluding hydrogens is 380 g/mol. The Morgan fingerprint density at radius 2 is 1.70 bits per heavy atom. The van der Waals surface area contributed by atoms with Crippen molar-refractivity contribution in [1.29, 1.82) is 0 Å². The van der Waals surface area contributed by atoms with Crippen molar-refractivity contribution in [2.45, 2.75) is 13.3 Å². The fourth-order valence-electron chi connectivity index (χ4n) is 3.20. The van der Waals surface area contributed by atoms with Crippen LogP contribution in [0.5, 0.6) is 11.5 Å². The topological polar surface area (TPSA) is 65.7 Å². The van der Waals surface area contributed by atoms with Crippen LogP contribution in [0.4, 0.5) is 0 Å². The summed E-state index contributed by atoms with van der Waals surface area (Å²) in [5.74, 6) is 0.0731. The minimum atomic E-state index is -0.645. The molecule has 3 aromatic carbocycles. The van der Waals surface area contributed by atoms with Crippen molar-refractivity contribution in [3.8, 4) is 22.8 Å². The SMILES string of the molecule is CCc1ccc2oc(-c3ccccc3)c(OC(=O)c3ccc(OC)cc3)c(=O)c2c1. The van der Waals surface area contributed by atoms with Crippen molar-refractivity contribution in [3.05, 3.63) is 94.1 Å². The molecular formula is C25H20O5. The number of methoxy groups -OCH3 is 1. The second-order valence-electron chi connectivity index (χ2n) is 6.76. The maximum absolute atomic E-state index is 13.3. The number of hydrogen-bond donors (Lipinski definition) is 0. The third-order valence-electron chi connectivity index (χ3n) is 4.88. The van der Waals surface area contributed by atoms with E-state index in [1.807, 2.05) is 31.2 Å². The van der Waals surface area contributed by atoms with Gasteiger partial charge in [0.25, 0.3) is 0 Å². The maximum Gasteiger partial charge on any atom is 0.343 e. The quantitative estimate of drug-likeness (QED) is 0.428. The molecule has 0 saturated carbocycles. The molecule has 1 aromatic heterocycles. The first-order valence-corrected chi connectivity index (χ1v) is 9.62. The van der Waals surface area contributed by atoms with E-state index in [0.717, 1.165) is 12.0 Å². The second kappa shape index (κ2) is 8.25. The van der Waals surface area contributed by atoms with E-state index in [9.17, 15) is 9.59 Å². The van der Waals surface area contributed by atoms with Crippen LogP contribution < -0.4 is 14.9 Å². The number of fused-ring (bicyclic) bond motifs is 1. The number of carbonyl (C=O) groups excluding carboxylic acids is 1. The Morgan fingerprint density at radius 1 is 0.967 bits per heavy atom. The number of ether oxygens (including phenoxy) is 2. The summed E-state index contributed by atoms with van der Waals surface area (Å²) in [6, 6.07) is 21.1. The molecule has 4 aromatic rings. The molecule has 0 amide bonds. The minimum absolute atomic E-state index is 0.122. The summed E-state index contributed by atoms with van der Waals surface area (Å²) in [4.78, 5) is 26.1. The van der Waals surface area contributed by atoms with Crippen LogP contribution in [0.15, 0.2) is 82.0 Å². The summed E-state index contributed by atoms with van der Waals surface area (Å²) in [6.45, 7) is 2.01. The maximum atomic E-state index is 13.3. The van der Waals surface area contributed by atoms with Crippen molar-refractivity contribution in [1.82, 2.24) is 0 Å². The van der Waals surface area contributed by atoms with Gasteiger partial charge < -0.3 is 13.9 Å². The number of hydrogen-bond acceptors (Lipinski definition) is 5. The molecule has 0 aliphatic heterocycles. The molecule has 150 valence electrons. The van der Waals surface area contributed by atoms with E-state index in [-0.39, 0.29) is 16.9 Å². The third-order valence-corrected chi connectivity index (χ3v) is 4.88. The number of benzene rings is 3. The molecule has 0 bridgehead atoms. The van der Waals surface area contributed by atoms with Crippen LogP contribution in [-0.4, -0.2) is 13.1 Å². The number of aryl methyl sites for hydroxylation is 1. The van der Waals surface area contributed by atoms with Crippen molar-refractivity contribution in [2.24, 2.45) is 0 Å². The van der Waals surface area contributed by atoms with Crippen LogP contribution in [-0.2, 0) is 6.42 Å². The average Bonchev–Trinajstić information content (AvgIpc) is 2.81. The summed E-state index contributed by atoms with van der Waals surface area (Å²) in [6.07, 6.45) is 0.775. The summed E-state index contributed by atoms with van der Waals surface area (Å²) < 4.78 is 16.7. The van der Waals surface area contributed by atoms with Crippen LogP contribution in [0.2, 0.25) is 0 Å². The molecule has 0 spiro atoms. The Labute approximate surface area is 173 Å². The minimum Gasteiger partial charge on any atom is -0.497 e. The zero-order chi connectivity index (χ0) is 21.1. The van der Waals surface area contributed by atoms with Gasteiger partial charge in [-0.1, -0.05) is 43.3 Å². The van der Waals surface area contributed by atoms with E-state index < -0.39 is 5.97 Å². The molecule has 5 nitrogen and oxygen atoms in total. The highest BCUT2D eigenvalue weighted by molar-refractivity contribution is 5.93. The van der Waals surface area contributed by atoms with Crippen LogP contribution in [0.25, 0.3) is 22.3 Å². The van der Waals surface area contributed by atoms with Crippen molar-refractivity contribution >= 4 is 16.9 Å². The fraction of sp³-hybridized carbons (Fsp3) is 0.120. The fourth-order valence-corrected chi connectivity index (χ4v) is 3.20. The third kappa shape index (κ3) is 3.70. The number of esters is 1. The molecule has 0 saturated heterocycles. The van der Waals surface area contributed by atoms with Gasteiger partial charge in [0, 0.05) is 5.56 Å². The van der Waals surface area contributed by atoms with Gasteiger partial charge in [0.1, 0.15) is 11.3 Å². The van der Waals surface area contributed by atoms with Gasteiger partial charge >= 0.3 is 5.97 Å². The smallest absolute Gasteiger partial charge is 0.343 e. The van der Waals surface area contributed by atoms with E-state index in [4.69, 9.17) is 13.9 Å². The summed E-state index contributed by atoms with van der Waals surface area (Å²) in [5, 5.41) is 0.381. The monoisotopic (exact) mass is 400 g/mol. The van der Waals surface area contributed by atoms with Gasteiger partial charge in [-0.3, -0.25) is 4.79 Å². The Morgan fingerprint density at radius 3 is 2.37 bits per heavy atom. The molecule has 0 radical (unpaired) electrons. The Bertz CT molecular complexity index is 1250.